The average molecular weight is 488 g/mol. The number of Topliss-reactive ketones (excluding diaryl/α,β-unsaturated/α-hetero) is 1. The summed E-state index contributed by atoms with van der Waals surface area (Å²) in [5.41, 5.74) is 3.27. The molecule has 0 spiro atoms. The van der Waals surface area contributed by atoms with Crippen LogP contribution in [-0.4, -0.2) is 37.6 Å². The third kappa shape index (κ3) is 4.40. The van der Waals surface area contributed by atoms with Gasteiger partial charge in [0.25, 0.3) is 11.7 Å². The first-order valence-corrected chi connectivity index (χ1v) is 11.6. The molecule has 1 heterocycles. The van der Waals surface area contributed by atoms with Crippen LogP contribution in [0.3, 0.4) is 0 Å². The molecule has 1 fully saturated rings. The first-order valence-electron chi connectivity index (χ1n) is 11.6. The molecule has 1 amide bonds. The molecule has 1 saturated heterocycles. The second-order valence-electron chi connectivity index (χ2n) is 8.53. The molecule has 1 unspecified atom stereocenters. The summed E-state index contributed by atoms with van der Waals surface area (Å²) < 4.78 is 16.5. The van der Waals surface area contributed by atoms with Crippen molar-refractivity contribution < 1.29 is 28.9 Å². The van der Waals surface area contributed by atoms with E-state index in [2.05, 4.69) is 0 Å². The Morgan fingerprint density at radius 2 is 1.69 bits per heavy atom. The van der Waals surface area contributed by atoms with Crippen LogP contribution in [0.25, 0.3) is 5.76 Å². The molecule has 186 valence electrons. The van der Waals surface area contributed by atoms with Crippen molar-refractivity contribution in [1.82, 2.24) is 0 Å². The molecule has 7 nitrogen and oxygen atoms in total. The van der Waals surface area contributed by atoms with E-state index in [0.717, 1.165) is 11.1 Å². The Morgan fingerprint density at radius 3 is 2.39 bits per heavy atom. The van der Waals surface area contributed by atoms with Crippen LogP contribution in [0.2, 0.25) is 0 Å². The number of ether oxygens (including phenoxy) is 3. The quantitative estimate of drug-likeness (QED) is 0.275. The number of hydrogen-bond donors (Lipinski definition) is 1. The predicted octanol–water partition coefficient (Wildman–Crippen LogP) is 5.35. The maximum absolute atomic E-state index is 13.5. The largest absolute Gasteiger partial charge is 0.507 e. The molecular weight excluding hydrogens is 458 g/mol. The molecule has 1 aliphatic rings. The summed E-state index contributed by atoms with van der Waals surface area (Å²) >= 11 is 0. The third-order valence-corrected chi connectivity index (χ3v) is 6.22. The number of aryl methyl sites for hydroxylation is 2. The number of anilines is 1. The molecule has 1 aliphatic heterocycles. The van der Waals surface area contributed by atoms with Crippen LogP contribution in [0.4, 0.5) is 5.69 Å². The van der Waals surface area contributed by atoms with E-state index in [1.54, 1.807) is 48.5 Å². The number of ketones is 1. The number of amides is 1. The number of rotatable bonds is 7. The molecule has 0 radical (unpaired) electrons. The van der Waals surface area contributed by atoms with Gasteiger partial charge >= 0.3 is 0 Å². The topological polar surface area (TPSA) is 85.3 Å². The van der Waals surface area contributed by atoms with Gasteiger partial charge in [-0.3, -0.25) is 14.5 Å². The normalized spacial score (nSPS) is 16.8. The predicted molar refractivity (Wildman–Crippen MR) is 138 cm³/mol. The van der Waals surface area contributed by atoms with Gasteiger partial charge in [0, 0.05) is 17.3 Å². The van der Waals surface area contributed by atoms with E-state index in [9.17, 15) is 14.7 Å². The fourth-order valence-electron chi connectivity index (χ4n) is 4.46. The summed E-state index contributed by atoms with van der Waals surface area (Å²) in [7, 11) is 3.05. The van der Waals surface area contributed by atoms with Crippen molar-refractivity contribution in [1.29, 1.82) is 0 Å². The standard InChI is InChI=1S/C29H29NO6/c1-6-36-21-9-7-8-20(16-21)30-26(19-12-13-23(34-4)24(15-19)35-5)25(28(32)29(30)33)27(31)22-14-17(2)10-11-18(22)3/h7-16,26,31H,6H2,1-5H3/b27-25+. The minimum atomic E-state index is -0.901. The highest BCUT2D eigenvalue weighted by Gasteiger charge is 2.47. The van der Waals surface area contributed by atoms with Gasteiger partial charge in [0.1, 0.15) is 11.5 Å². The lowest BCUT2D eigenvalue weighted by Crippen LogP contribution is -2.29. The van der Waals surface area contributed by atoms with Gasteiger partial charge in [0.2, 0.25) is 0 Å². The number of carbonyl (C=O) groups is 2. The number of benzene rings is 3. The number of methoxy groups -OCH3 is 2. The molecular formula is C29H29NO6. The van der Waals surface area contributed by atoms with E-state index < -0.39 is 17.7 Å². The van der Waals surface area contributed by atoms with E-state index in [4.69, 9.17) is 14.2 Å². The lowest BCUT2D eigenvalue weighted by molar-refractivity contribution is -0.132. The summed E-state index contributed by atoms with van der Waals surface area (Å²) in [5, 5.41) is 11.5. The summed E-state index contributed by atoms with van der Waals surface area (Å²) in [6.45, 7) is 6.07. The van der Waals surface area contributed by atoms with Gasteiger partial charge in [-0.1, -0.05) is 29.8 Å². The second kappa shape index (κ2) is 10.2. The van der Waals surface area contributed by atoms with E-state index in [0.29, 0.717) is 40.7 Å². The highest BCUT2D eigenvalue weighted by molar-refractivity contribution is 6.51. The number of hydrogen-bond acceptors (Lipinski definition) is 6. The Bertz CT molecular complexity index is 1360. The van der Waals surface area contributed by atoms with Gasteiger partial charge in [-0.2, -0.15) is 0 Å². The van der Waals surface area contributed by atoms with Crippen molar-refractivity contribution in [3.8, 4) is 17.2 Å². The zero-order valence-electron chi connectivity index (χ0n) is 21.0. The van der Waals surface area contributed by atoms with Crippen molar-refractivity contribution in [2.24, 2.45) is 0 Å². The first kappa shape index (κ1) is 24.9. The molecule has 0 bridgehead atoms. The summed E-state index contributed by atoms with van der Waals surface area (Å²) in [5.74, 6) is -0.220. The van der Waals surface area contributed by atoms with Crippen molar-refractivity contribution in [2.45, 2.75) is 26.8 Å². The SMILES string of the molecule is CCOc1cccc(N2C(=O)C(=O)/C(=C(/O)c3cc(C)ccc3C)C2c2ccc(OC)c(OC)c2)c1. The second-order valence-corrected chi connectivity index (χ2v) is 8.53. The fraction of sp³-hybridized carbons (Fsp3) is 0.241. The van der Waals surface area contributed by atoms with Crippen molar-refractivity contribution >= 4 is 23.1 Å². The maximum atomic E-state index is 13.5. The molecule has 3 aromatic rings. The molecule has 0 aliphatic carbocycles. The van der Waals surface area contributed by atoms with Gasteiger partial charge in [-0.25, -0.2) is 0 Å². The van der Waals surface area contributed by atoms with Crippen molar-refractivity contribution in [3.05, 3.63) is 88.5 Å². The van der Waals surface area contributed by atoms with Gasteiger partial charge < -0.3 is 19.3 Å². The molecule has 1 atom stereocenters. The van der Waals surface area contributed by atoms with Crippen LogP contribution in [0.15, 0.2) is 66.2 Å². The van der Waals surface area contributed by atoms with Gasteiger partial charge in [0.15, 0.2) is 11.5 Å². The molecule has 4 rings (SSSR count). The lowest BCUT2D eigenvalue weighted by atomic mass is 9.93. The molecule has 3 aromatic carbocycles. The Labute approximate surface area is 210 Å². The first-order chi connectivity index (χ1) is 17.3. The van der Waals surface area contributed by atoms with Crippen LogP contribution < -0.4 is 19.1 Å². The fourth-order valence-corrected chi connectivity index (χ4v) is 4.46. The van der Waals surface area contributed by atoms with Crippen LogP contribution in [0.5, 0.6) is 17.2 Å². The smallest absolute Gasteiger partial charge is 0.300 e. The summed E-state index contributed by atoms with van der Waals surface area (Å²) in [4.78, 5) is 28.3. The maximum Gasteiger partial charge on any atom is 0.300 e. The van der Waals surface area contributed by atoms with Crippen molar-refractivity contribution in [3.63, 3.8) is 0 Å². The molecule has 36 heavy (non-hydrogen) atoms. The minimum Gasteiger partial charge on any atom is -0.507 e. The van der Waals surface area contributed by atoms with Gasteiger partial charge in [0.05, 0.1) is 32.4 Å². The highest BCUT2D eigenvalue weighted by atomic mass is 16.5. The van der Waals surface area contributed by atoms with Crippen molar-refractivity contribution in [2.75, 3.05) is 25.7 Å². The number of carbonyl (C=O) groups excluding carboxylic acids is 2. The monoisotopic (exact) mass is 487 g/mol. The molecule has 7 heteroatoms. The Morgan fingerprint density at radius 1 is 0.944 bits per heavy atom. The number of aliphatic hydroxyl groups is 1. The summed E-state index contributed by atoms with van der Waals surface area (Å²) in [6, 6.07) is 16.9. The van der Waals surface area contributed by atoms with E-state index in [1.807, 2.05) is 32.9 Å². The van der Waals surface area contributed by atoms with Crippen LogP contribution in [-0.2, 0) is 9.59 Å². The zero-order chi connectivity index (χ0) is 26.0. The molecule has 0 aromatic heterocycles. The Balaban J connectivity index is 1.99. The molecule has 1 N–H and O–H groups in total. The van der Waals surface area contributed by atoms with E-state index in [-0.39, 0.29) is 11.3 Å². The van der Waals surface area contributed by atoms with Gasteiger partial charge in [-0.05, 0) is 62.2 Å². The Kier molecular flexibility index (Phi) is 7.01. The van der Waals surface area contributed by atoms with E-state index in [1.165, 1.54) is 19.1 Å². The lowest BCUT2D eigenvalue weighted by Gasteiger charge is -2.26. The van der Waals surface area contributed by atoms with Crippen LogP contribution in [0.1, 0.15) is 35.2 Å². The number of nitrogens with zero attached hydrogens (tertiary/aromatic N) is 1. The molecule has 0 saturated carbocycles. The highest BCUT2D eigenvalue weighted by Crippen LogP contribution is 2.45. The Hall–Kier alpha value is -4.26. The van der Waals surface area contributed by atoms with E-state index >= 15 is 0 Å². The number of aliphatic hydroxyl groups excluding tert-OH is 1. The minimum absolute atomic E-state index is 0.00253. The van der Waals surface area contributed by atoms with Crippen LogP contribution >= 0.6 is 0 Å². The average Bonchev–Trinajstić information content (AvgIpc) is 3.15. The third-order valence-electron chi connectivity index (χ3n) is 6.22. The summed E-state index contributed by atoms with van der Waals surface area (Å²) in [6.07, 6.45) is 0. The van der Waals surface area contributed by atoms with Crippen LogP contribution in [0, 0.1) is 13.8 Å². The zero-order valence-corrected chi connectivity index (χ0v) is 21.0. The van der Waals surface area contributed by atoms with Gasteiger partial charge in [-0.15, -0.1) is 0 Å².